The molecular weight excluding hydrogens is 590 g/mol. The number of anilines is 1. The minimum atomic E-state index is -4.55. The molecule has 2 aromatic carbocycles. The molecule has 1 aliphatic heterocycles. The summed E-state index contributed by atoms with van der Waals surface area (Å²) in [6.45, 7) is 2.21. The highest BCUT2D eigenvalue weighted by Crippen LogP contribution is 2.47. The zero-order valence-electron chi connectivity index (χ0n) is 23.2. The molecule has 1 amide bonds. The molecule has 8 nitrogen and oxygen atoms in total. The van der Waals surface area contributed by atoms with Crippen LogP contribution >= 0.6 is 0 Å². The van der Waals surface area contributed by atoms with Crippen molar-refractivity contribution in [1.29, 1.82) is 0 Å². The Kier molecular flexibility index (Phi) is 8.07. The highest BCUT2D eigenvalue weighted by molar-refractivity contribution is 7.79. The summed E-state index contributed by atoms with van der Waals surface area (Å²) in [4.78, 5) is 14.4. The third-order valence-electron chi connectivity index (χ3n) is 8.59. The van der Waals surface area contributed by atoms with Gasteiger partial charge in [0, 0.05) is 41.1 Å². The number of hydrogen-bond donors (Lipinski definition) is 1. The van der Waals surface area contributed by atoms with Crippen molar-refractivity contribution in [3.63, 3.8) is 0 Å². The van der Waals surface area contributed by atoms with Crippen molar-refractivity contribution in [1.82, 2.24) is 10.5 Å². The molecule has 3 aliphatic rings. The number of alkyl halides is 3. The average molecular weight is 621 g/mol. The van der Waals surface area contributed by atoms with E-state index in [2.05, 4.69) is 10.5 Å². The van der Waals surface area contributed by atoms with Crippen LogP contribution in [0.3, 0.4) is 0 Å². The smallest absolute Gasteiger partial charge is 0.417 e. The lowest BCUT2D eigenvalue weighted by Gasteiger charge is -2.33. The van der Waals surface area contributed by atoms with Gasteiger partial charge in [0.15, 0.2) is 0 Å². The van der Waals surface area contributed by atoms with E-state index in [4.69, 9.17) is 9.26 Å². The number of amides is 1. The molecule has 2 heterocycles. The Balaban J connectivity index is 1.14. The second-order valence-electron chi connectivity index (χ2n) is 11.4. The topological polar surface area (TPSA) is 108 Å². The summed E-state index contributed by atoms with van der Waals surface area (Å²) in [7, 11) is 0. The predicted octanol–water partition coefficient (Wildman–Crippen LogP) is 5.91. The lowest BCUT2D eigenvalue weighted by atomic mass is 9.99. The summed E-state index contributed by atoms with van der Waals surface area (Å²) in [5.74, 6) is -0.471. The van der Waals surface area contributed by atoms with E-state index in [-0.39, 0.29) is 53.8 Å². The summed E-state index contributed by atoms with van der Waals surface area (Å²) in [5, 5.41) is 5.38. The molecule has 2 unspecified atom stereocenters. The van der Waals surface area contributed by atoms with Gasteiger partial charge in [0.1, 0.15) is 17.3 Å². The van der Waals surface area contributed by atoms with Crippen molar-refractivity contribution in [2.75, 3.05) is 11.4 Å². The number of aromatic nitrogens is 1. The lowest BCUT2D eigenvalue weighted by Crippen LogP contribution is -2.39. The zero-order chi connectivity index (χ0) is 30.5. The number of nitrogens with one attached hydrogen (secondary N) is 1. The highest BCUT2D eigenvalue weighted by Gasteiger charge is 2.46. The van der Waals surface area contributed by atoms with E-state index in [0.29, 0.717) is 30.0 Å². The van der Waals surface area contributed by atoms with Crippen molar-refractivity contribution < 1.29 is 40.4 Å². The van der Waals surface area contributed by atoms with Crippen LogP contribution in [0.2, 0.25) is 0 Å². The SMILES string of the molecule is CCC(NC(=O)c1ccc(N2C[C@@H]3C[C@H]2C[C@H]3OCc2c(-c3ccccc3C(F)(F)F)noc2C2CC2)c(F)c1)S(=O)[O-]. The molecule has 230 valence electrons. The first-order chi connectivity index (χ1) is 20.5. The summed E-state index contributed by atoms with van der Waals surface area (Å²) in [6.07, 6.45) is -1.39. The highest BCUT2D eigenvalue weighted by atomic mass is 32.2. The molecule has 0 radical (unpaired) electrons. The fourth-order valence-corrected chi connectivity index (χ4v) is 6.74. The van der Waals surface area contributed by atoms with Crippen LogP contribution in [-0.4, -0.2) is 43.9 Å². The third kappa shape index (κ3) is 5.94. The Hall–Kier alpha value is -3.29. The molecule has 2 saturated carbocycles. The molecule has 2 bridgehead atoms. The fraction of sp³-hybridized carbons (Fsp3) is 0.467. The maximum atomic E-state index is 15.2. The number of nitrogens with zero attached hydrogens (tertiary/aromatic N) is 2. The van der Waals surface area contributed by atoms with Crippen LogP contribution in [0.5, 0.6) is 0 Å². The first kappa shape index (κ1) is 29.8. The summed E-state index contributed by atoms with van der Waals surface area (Å²) >= 11 is -2.49. The van der Waals surface area contributed by atoms with E-state index in [9.17, 15) is 26.7 Å². The average Bonchev–Trinajstić information content (AvgIpc) is 3.42. The van der Waals surface area contributed by atoms with E-state index in [0.717, 1.165) is 31.4 Å². The monoisotopic (exact) mass is 620 g/mol. The zero-order valence-corrected chi connectivity index (χ0v) is 24.1. The molecule has 43 heavy (non-hydrogen) atoms. The van der Waals surface area contributed by atoms with E-state index in [1.807, 2.05) is 4.90 Å². The maximum Gasteiger partial charge on any atom is 0.417 e. The number of benzene rings is 2. The van der Waals surface area contributed by atoms with E-state index < -0.39 is 39.9 Å². The third-order valence-corrected chi connectivity index (χ3v) is 9.50. The van der Waals surface area contributed by atoms with Crippen LogP contribution in [0.15, 0.2) is 47.0 Å². The van der Waals surface area contributed by atoms with Gasteiger partial charge in [-0.15, -0.1) is 0 Å². The summed E-state index contributed by atoms with van der Waals surface area (Å²) in [6, 6.07) is 9.41. The van der Waals surface area contributed by atoms with Gasteiger partial charge in [-0.2, -0.15) is 13.2 Å². The summed E-state index contributed by atoms with van der Waals surface area (Å²) in [5.41, 5.74) is 0.255. The summed E-state index contributed by atoms with van der Waals surface area (Å²) < 4.78 is 90.8. The van der Waals surface area contributed by atoms with Gasteiger partial charge in [-0.1, -0.05) is 30.3 Å². The van der Waals surface area contributed by atoms with Gasteiger partial charge in [-0.25, -0.2) is 4.39 Å². The normalized spacial score (nSPS) is 23.0. The number of halogens is 4. The number of carbonyl (C=O) groups is 1. The number of fused-ring (bicyclic) bond motifs is 2. The molecular formula is C30H30F4N3O5S-. The molecule has 3 fully saturated rings. The number of piperidine rings is 1. The van der Waals surface area contributed by atoms with Gasteiger partial charge in [-0.05, 0) is 67.5 Å². The van der Waals surface area contributed by atoms with Crippen molar-refractivity contribution in [2.45, 2.75) is 75.2 Å². The van der Waals surface area contributed by atoms with E-state index in [1.165, 1.54) is 24.3 Å². The van der Waals surface area contributed by atoms with Crippen LogP contribution in [0.1, 0.15) is 72.2 Å². The van der Waals surface area contributed by atoms with Crippen molar-refractivity contribution in [3.8, 4) is 11.3 Å². The first-order valence-electron chi connectivity index (χ1n) is 14.3. The van der Waals surface area contributed by atoms with Crippen molar-refractivity contribution >= 4 is 22.7 Å². The molecule has 2 aliphatic carbocycles. The van der Waals surface area contributed by atoms with Crippen LogP contribution in [0, 0.1) is 11.7 Å². The van der Waals surface area contributed by atoms with Crippen LogP contribution in [-0.2, 0) is 28.6 Å². The quantitative estimate of drug-likeness (QED) is 0.222. The van der Waals surface area contributed by atoms with Gasteiger partial charge >= 0.3 is 6.18 Å². The maximum absolute atomic E-state index is 15.2. The number of carbonyl (C=O) groups excluding carboxylic acids is 1. The predicted molar refractivity (Wildman–Crippen MR) is 148 cm³/mol. The Morgan fingerprint density at radius 1 is 1.23 bits per heavy atom. The molecule has 13 heteroatoms. The van der Waals surface area contributed by atoms with Crippen LogP contribution in [0.25, 0.3) is 11.3 Å². The van der Waals surface area contributed by atoms with E-state index in [1.54, 1.807) is 13.0 Å². The molecule has 6 rings (SSSR count). The fourth-order valence-electron chi connectivity index (χ4n) is 6.27. The van der Waals surface area contributed by atoms with Gasteiger partial charge in [0.2, 0.25) is 0 Å². The second kappa shape index (κ2) is 11.7. The Morgan fingerprint density at radius 2 is 2.00 bits per heavy atom. The van der Waals surface area contributed by atoms with Crippen LogP contribution in [0.4, 0.5) is 23.2 Å². The van der Waals surface area contributed by atoms with Gasteiger partial charge in [-0.3, -0.25) is 9.00 Å². The van der Waals surface area contributed by atoms with Crippen molar-refractivity contribution in [3.05, 3.63) is 70.7 Å². The largest absolute Gasteiger partial charge is 0.771 e. The first-order valence-corrected chi connectivity index (χ1v) is 15.4. The Labute approximate surface area is 248 Å². The molecule has 1 saturated heterocycles. The molecule has 1 N–H and O–H groups in total. The second-order valence-corrected chi connectivity index (χ2v) is 12.5. The molecule has 1 aromatic heterocycles. The van der Waals surface area contributed by atoms with Crippen LogP contribution < -0.4 is 10.2 Å². The van der Waals surface area contributed by atoms with E-state index >= 15 is 4.39 Å². The number of ether oxygens (including phenoxy) is 1. The standard InChI is InChI=1S/C30H31F4N3O5S/c1-2-26(43(39)40)35-29(38)17-9-10-24(23(31)12-17)37-14-18-11-19(37)13-25(18)41-15-21-27(36-42-28(21)16-7-8-16)20-5-3-4-6-22(20)30(32,33)34/h3-6,9-10,12,16,18-19,25-26H,2,7-8,11,13-15H2,1H3,(H,35,38)(H,39,40)/p-1/t18-,19-,25+,26?/m0/s1. The van der Waals surface area contributed by atoms with Gasteiger partial charge in [0.05, 0.1) is 29.3 Å². The minimum absolute atomic E-state index is 0.00710. The minimum Gasteiger partial charge on any atom is -0.771 e. The number of rotatable bonds is 10. The molecule has 5 atom stereocenters. The lowest BCUT2D eigenvalue weighted by molar-refractivity contribution is -0.137. The molecule has 3 aromatic rings. The Bertz CT molecular complexity index is 1540. The number of hydrogen-bond acceptors (Lipinski definition) is 7. The van der Waals surface area contributed by atoms with Gasteiger partial charge < -0.3 is 24.0 Å². The van der Waals surface area contributed by atoms with Gasteiger partial charge in [0.25, 0.3) is 5.91 Å². The Morgan fingerprint density at radius 3 is 2.63 bits per heavy atom. The molecule has 0 spiro atoms. The van der Waals surface area contributed by atoms with Crippen molar-refractivity contribution in [2.24, 2.45) is 5.92 Å².